The van der Waals surface area contributed by atoms with Crippen molar-refractivity contribution in [3.8, 4) is 0 Å². The summed E-state index contributed by atoms with van der Waals surface area (Å²) >= 11 is 0. The Morgan fingerprint density at radius 1 is 1.22 bits per heavy atom. The lowest BCUT2D eigenvalue weighted by Crippen LogP contribution is -2.41. The molecule has 0 aromatic heterocycles. The molecule has 4 heteroatoms. The number of piperidine rings is 1. The third-order valence-electron chi connectivity index (χ3n) is 4.82. The van der Waals surface area contributed by atoms with Gasteiger partial charge in [0, 0.05) is 12.5 Å². The van der Waals surface area contributed by atoms with Gasteiger partial charge in [0.15, 0.2) is 0 Å². The third-order valence-corrected chi connectivity index (χ3v) is 4.82. The number of carbonyl (C=O) groups is 1. The fourth-order valence-electron chi connectivity index (χ4n) is 3.26. The topological polar surface area (TPSA) is 58.4 Å². The van der Waals surface area contributed by atoms with Crippen LogP contribution in [0.3, 0.4) is 0 Å². The molecule has 0 bridgehead atoms. The van der Waals surface area contributed by atoms with Gasteiger partial charge in [-0.05, 0) is 55.4 Å². The summed E-state index contributed by atoms with van der Waals surface area (Å²) in [6, 6.07) is 14.4. The number of nitrogens with zero attached hydrogens (tertiary/aromatic N) is 1. The van der Waals surface area contributed by atoms with Gasteiger partial charge in [-0.2, -0.15) is 0 Å². The first-order valence-corrected chi connectivity index (χ1v) is 8.35. The second kappa shape index (κ2) is 7.11. The van der Waals surface area contributed by atoms with E-state index in [1.807, 2.05) is 12.1 Å². The zero-order valence-electron chi connectivity index (χ0n) is 13.7. The molecule has 1 fully saturated rings. The third kappa shape index (κ3) is 3.71. The van der Waals surface area contributed by atoms with Crippen LogP contribution in [0.25, 0.3) is 10.8 Å². The van der Waals surface area contributed by atoms with Crippen LogP contribution in [-0.4, -0.2) is 37.5 Å². The molecular formula is C19H25N3O. The Bertz CT molecular complexity index is 677. The number of amides is 1. The number of nitrogens with one attached hydrogen (secondary N) is 1. The lowest BCUT2D eigenvalue weighted by molar-refractivity contribution is -0.127. The van der Waals surface area contributed by atoms with E-state index < -0.39 is 0 Å². The van der Waals surface area contributed by atoms with Gasteiger partial charge >= 0.3 is 0 Å². The van der Waals surface area contributed by atoms with E-state index in [-0.39, 0.29) is 17.9 Å². The minimum atomic E-state index is -0.119. The SMILES string of the molecule is CN1CCC(C(=O)NC(CN)c2ccc3ccccc3c2)CC1. The first kappa shape index (κ1) is 16.0. The van der Waals surface area contributed by atoms with Gasteiger partial charge in [-0.1, -0.05) is 36.4 Å². The average Bonchev–Trinajstić information content (AvgIpc) is 2.59. The zero-order valence-corrected chi connectivity index (χ0v) is 13.7. The Morgan fingerprint density at radius 3 is 2.61 bits per heavy atom. The summed E-state index contributed by atoms with van der Waals surface area (Å²) in [5, 5.41) is 5.53. The first-order chi connectivity index (χ1) is 11.2. The Kier molecular flexibility index (Phi) is 4.94. The van der Waals surface area contributed by atoms with Gasteiger partial charge in [0.05, 0.1) is 6.04 Å². The van der Waals surface area contributed by atoms with Crippen LogP contribution >= 0.6 is 0 Å². The standard InChI is InChI=1S/C19H25N3O/c1-22-10-8-15(9-11-22)19(23)21-18(13-20)17-7-6-14-4-2-3-5-16(14)12-17/h2-7,12,15,18H,8-11,13,20H2,1H3,(H,21,23). The van der Waals surface area contributed by atoms with E-state index >= 15 is 0 Å². The summed E-state index contributed by atoms with van der Waals surface area (Å²) < 4.78 is 0. The highest BCUT2D eigenvalue weighted by Gasteiger charge is 2.25. The Labute approximate surface area is 137 Å². The van der Waals surface area contributed by atoms with E-state index in [0.717, 1.165) is 31.5 Å². The molecular weight excluding hydrogens is 286 g/mol. The van der Waals surface area contributed by atoms with Crippen molar-refractivity contribution in [3.05, 3.63) is 48.0 Å². The molecule has 2 aromatic carbocycles. The summed E-state index contributed by atoms with van der Waals surface area (Å²) in [6.07, 6.45) is 1.86. The van der Waals surface area contributed by atoms with E-state index in [0.29, 0.717) is 6.54 Å². The molecule has 1 heterocycles. The molecule has 3 rings (SSSR count). The Hall–Kier alpha value is -1.91. The molecule has 1 aliphatic heterocycles. The van der Waals surface area contributed by atoms with Crippen molar-refractivity contribution >= 4 is 16.7 Å². The quantitative estimate of drug-likeness (QED) is 0.911. The average molecular weight is 311 g/mol. The lowest BCUT2D eigenvalue weighted by atomic mass is 9.95. The maximum Gasteiger partial charge on any atom is 0.223 e. The molecule has 1 unspecified atom stereocenters. The van der Waals surface area contributed by atoms with Gasteiger partial charge in [-0.25, -0.2) is 0 Å². The van der Waals surface area contributed by atoms with Crippen LogP contribution in [0.5, 0.6) is 0 Å². The highest BCUT2D eigenvalue weighted by Crippen LogP contribution is 2.22. The van der Waals surface area contributed by atoms with Crippen LogP contribution in [-0.2, 0) is 4.79 Å². The first-order valence-electron chi connectivity index (χ1n) is 8.35. The van der Waals surface area contributed by atoms with Crippen LogP contribution in [0.2, 0.25) is 0 Å². The molecule has 1 saturated heterocycles. The molecule has 2 aromatic rings. The van der Waals surface area contributed by atoms with E-state index in [9.17, 15) is 4.79 Å². The summed E-state index contributed by atoms with van der Waals surface area (Å²) in [7, 11) is 2.10. The zero-order chi connectivity index (χ0) is 16.2. The van der Waals surface area contributed by atoms with Gasteiger partial charge in [0.25, 0.3) is 0 Å². The van der Waals surface area contributed by atoms with Crippen molar-refractivity contribution in [1.29, 1.82) is 0 Å². The van der Waals surface area contributed by atoms with Gasteiger partial charge in [0.2, 0.25) is 5.91 Å². The summed E-state index contributed by atoms with van der Waals surface area (Å²) in [4.78, 5) is 14.8. The number of likely N-dealkylation sites (tertiary alicyclic amines) is 1. The van der Waals surface area contributed by atoms with Crippen LogP contribution in [0.15, 0.2) is 42.5 Å². The number of rotatable bonds is 4. The predicted molar refractivity (Wildman–Crippen MR) is 94.1 cm³/mol. The normalized spacial score (nSPS) is 18.0. The van der Waals surface area contributed by atoms with E-state index in [1.54, 1.807) is 0 Å². The fourth-order valence-corrected chi connectivity index (χ4v) is 3.26. The van der Waals surface area contributed by atoms with Gasteiger partial charge in [-0.15, -0.1) is 0 Å². The molecule has 122 valence electrons. The summed E-state index contributed by atoms with van der Waals surface area (Å²) in [5.74, 6) is 0.252. The van der Waals surface area contributed by atoms with Crippen LogP contribution in [0.4, 0.5) is 0 Å². The number of hydrogen-bond donors (Lipinski definition) is 2. The van der Waals surface area contributed by atoms with E-state index in [1.165, 1.54) is 10.8 Å². The van der Waals surface area contributed by atoms with Crippen LogP contribution in [0, 0.1) is 5.92 Å². The van der Waals surface area contributed by atoms with Crippen molar-refractivity contribution in [2.24, 2.45) is 11.7 Å². The minimum absolute atomic E-state index is 0.112. The second-order valence-corrected chi connectivity index (χ2v) is 6.48. The van der Waals surface area contributed by atoms with Crippen molar-refractivity contribution in [1.82, 2.24) is 10.2 Å². The second-order valence-electron chi connectivity index (χ2n) is 6.48. The monoisotopic (exact) mass is 311 g/mol. The molecule has 3 N–H and O–H groups in total. The van der Waals surface area contributed by atoms with Gasteiger partial charge in [-0.3, -0.25) is 4.79 Å². The molecule has 0 aliphatic carbocycles. The molecule has 1 atom stereocenters. The largest absolute Gasteiger partial charge is 0.348 e. The molecule has 1 amide bonds. The number of carbonyl (C=O) groups excluding carboxylic acids is 1. The Morgan fingerprint density at radius 2 is 1.91 bits per heavy atom. The minimum Gasteiger partial charge on any atom is -0.348 e. The molecule has 0 radical (unpaired) electrons. The molecule has 4 nitrogen and oxygen atoms in total. The van der Waals surface area contributed by atoms with Crippen molar-refractivity contribution in [2.45, 2.75) is 18.9 Å². The molecule has 0 saturated carbocycles. The predicted octanol–water partition coefficient (Wildman–Crippen LogP) is 2.30. The Balaban J connectivity index is 1.72. The van der Waals surface area contributed by atoms with Crippen LogP contribution in [0.1, 0.15) is 24.4 Å². The number of hydrogen-bond acceptors (Lipinski definition) is 3. The fraction of sp³-hybridized carbons (Fsp3) is 0.421. The molecule has 23 heavy (non-hydrogen) atoms. The maximum absolute atomic E-state index is 12.5. The highest BCUT2D eigenvalue weighted by atomic mass is 16.1. The number of nitrogens with two attached hydrogens (primary N) is 1. The number of fused-ring (bicyclic) bond motifs is 1. The lowest BCUT2D eigenvalue weighted by Gasteiger charge is -2.29. The van der Waals surface area contributed by atoms with E-state index in [2.05, 4.69) is 47.6 Å². The maximum atomic E-state index is 12.5. The molecule has 0 spiro atoms. The van der Waals surface area contributed by atoms with Crippen molar-refractivity contribution < 1.29 is 4.79 Å². The highest BCUT2D eigenvalue weighted by molar-refractivity contribution is 5.83. The van der Waals surface area contributed by atoms with Crippen molar-refractivity contribution in [2.75, 3.05) is 26.7 Å². The summed E-state index contributed by atoms with van der Waals surface area (Å²) in [5.41, 5.74) is 7.00. The van der Waals surface area contributed by atoms with Crippen LogP contribution < -0.4 is 11.1 Å². The van der Waals surface area contributed by atoms with Crippen molar-refractivity contribution in [3.63, 3.8) is 0 Å². The van der Waals surface area contributed by atoms with Gasteiger partial charge in [0.1, 0.15) is 0 Å². The van der Waals surface area contributed by atoms with Gasteiger partial charge < -0.3 is 16.0 Å². The smallest absolute Gasteiger partial charge is 0.223 e. The summed E-state index contributed by atoms with van der Waals surface area (Å²) in [6.45, 7) is 2.39. The van der Waals surface area contributed by atoms with E-state index in [4.69, 9.17) is 5.73 Å². The number of benzene rings is 2. The molecule has 1 aliphatic rings.